The van der Waals surface area contributed by atoms with E-state index in [4.69, 9.17) is 4.52 Å². The molecule has 2 rings (SSSR count). The highest BCUT2D eigenvalue weighted by atomic mass is 35.5. The van der Waals surface area contributed by atoms with E-state index in [0.717, 1.165) is 19.6 Å². The van der Waals surface area contributed by atoms with Crippen molar-refractivity contribution in [1.29, 1.82) is 0 Å². The normalized spacial score (nSPS) is 19.2. The standard InChI is InChI=1S/C14H24N4O2.ClH/c1-10-9-15-7-8-18(10)12(19)6-5-11-16-13(17-20-11)14(2,3)4;/h10,15H,5-9H2,1-4H3;1H/t10-;/m0./s1. The van der Waals surface area contributed by atoms with Gasteiger partial charge >= 0.3 is 0 Å². The van der Waals surface area contributed by atoms with Crippen LogP contribution in [0.2, 0.25) is 0 Å². The molecule has 1 aromatic heterocycles. The molecule has 0 bridgehead atoms. The molecule has 1 fully saturated rings. The lowest BCUT2D eigenvalue weighted by Crippen LogP contribution is -2.52. The summed E-state index contributed by atoms with van der Waals surface area (Å²) < 4.78 is 5.21. The zero-order valence-electron chi connectivity index (χ0n) is 13.2. The number of amides is 1. The number of halogens is 1. The maximum Gasteiger partial charge on any atom is 0.227 e. The average Bonchev–Trinajstić information content (AvgIpc) is 2.85. The highest BCUT2D eigenvalue weighted by Gasteiger charge is 2.24. The van der Waals surface area contributed by atoms with Crippen LogP contribution in [0.1, 0.15) is 45.8 Å². The van der Waals surface area contributed by atoms with E-state index in [0.29, 0.717) is 24.6 Å². The van der Waals surface area contributed by atoms with Crippen molar-refractivity contribution >= 4 is 18.3 Å². The van der Waals surface area contributed by atoms with Crippen molar-refractivity contribution in [2.24, 2.45) is 0 Å². The Labute approximate surface area is 132 Å². The second kappa shape index (κ2) is 7.22. The van der Waals surface area contributed by atoms with Crippen molar-refractivity contribution in [2.45, 2.75) is 52.0 Å². The van der Waals surface area contributed by atoms with E-state index in [9.17, 15) is 4.79 Å². The number of aryl methyl sites for hydroxylation is 1. The van der Waals surface area contributed by atoms with Crippen LogP contribution in [0.3, 0.4) is 0 Å². The Kier molecular flexibility index (Phi) is 6.16. The molecule has 1 aliphatic heterocycles. The van der Waals surface area contributed by atoms with Crippen LogP contribution < -0.4 is 5.32 Å². The fraction of sp³-hybridized carbons (Fsp3) is 0.786. The lowest BCUT2D eigenvalue weighted by molar-refractivity contribution is -0.134. The molecule has 6 nitrogen and oxygen atoms in total. The second-order valence-electron chi connectivity index (χ2n) is 6.40. The molecule has 1 aromatic rings. The fourth-order valence-corrected chi connectivity index (χ4v) is 2.23. The van der Waals surface area contributed by atoms with Gasteiger partial charge in [-0.2, -0.15) is 4.98 Å². The molecule has 1 N–H and O–H groups in total. The summed E-state index contributed by atoms with van der Waals surface area (Å²) in [5.41, 5.74) is -0.126. The number of nitrogens with one attached hydrogen (secondary N) is 1. The summed E-state index contributed by atoms with van der Waals surface area (Å²) in [6.45, 7) is 10.7. The largest absolute Gasteiger partial charge is 0.339 e. The second-order valence-corrected chi connectivity index (χ2v) is 6.40. The van der Waals surface area contributed by atoms with Crippen LogP contribution in [0.4, 0.5) is 0 Å². The predicted molar refractivity (Wildman–Crippen MR) is 82.6 cm³/mol. The Bertz CT molecular complexity index is 470. The molecule has 0 aromatic carbocycles. The zero-order valence-corrected chi connectivity index (χ0v) is 14.0. The summed E-state index contributed by atoms with van der Waals surface area (Å²) in [6.07, 6.45) is 0.939. The fourth-order valence-electron chi connectivity index (χ4n) is 2.23. The van der Waals surface area contributed by atoms with Gasteiger partial charge in [-0.25, -0.2) is 0 Å². The summed E-state index contributed by atoms with van der Waals surface area (Å²) in [5, 5.41) is 7.25. The predicted octanol–water partition coefficient (Wildman–Crippen LogP) is 1.54. The lowest BCUT2D eigenvalue weighted by Gasteiger charge is -2.34. The van der Waals surface area contributed by atoms with Gasteiger partial charge in [0.2, 0.25) is 11.8 Å². The van der Waals surface area contributed by atoms with Gasteiger partial charge in [0.15, 0.2) is 5.82 Å². The first-order valence-corrected chi connectivity index (χ1v) is 7.21. The first-order valence-electron chi connectivity index (χ1n) is 7.21. The van der Waals surface area contributed by atoms with Crippen LogP contribution in [0.15, 0.2) is 4.52 Å². The maximum absolute atomic E-state index is 12.2. The topological polar surface area (TPSA) is 71.3 Å². The number of carbonyl (C=O) groups excluding carboxylic acids is 1. The van der Waals surface area contributed by atoms with Gasteiger partial charge in [0.05, 0.1) is 0 Å². The summed E-state index contributed by atoms with van der Waals surface area (Å²) in [4.78, 5) is 18.5. The van der Waals surface area contributed by atoms with Gasteiger partial charge in [0, 0.05) is 43.9 Å². The molecule has 1 atom stereocenters. The molecule has 1 aliphatic rings. The van der Waals surface area contributed by atoms with Crippen LogP contribution in [0.5, 0.6) is 0 Å². The van der Waals surface area contributed by atoms with Crippen molar-refractivity contribution < 1.29 is 9.32 Å². The zero-order chi connectivity index (χ0) is 14.8. The van der Waals surface area contributed by atoms with Crippen molar-refractivity contribution in [3.05, 3.63) is 11.7 Å². The Balaban J connectivity index is 0.00000220. The summed E-state index contributed by atoms with van der Waals surface area (Å²) in [6, 6.07) is 0.254. The molecular formula is C14H25ClN4O2. The monoisotopic (exact) mass is 316 g/mol. The number of hydrogen-bond donors (Lipinski definition) is 1. The van der Waals surface area contributed by atoms with E-state index in [1.165, 1.54) is 0 Å². The van der Waals surface area contributed by atoms with E-state index in [1.807, 2.05) is 25.7 Å². The van der Waals surface area contributed by atoms with E-state index in [2.05, 4.69) is 22.4 Å². The van der Waals surface area contributed by atoms with Crippen molar-refractivity contribution in [1.82, 2.24) is 20.4 Å². The maximum atomic E-state index is 12.2. The minimum Gasteiger partial charge on any atom is -0.339 e. The van der Waals surface area contributed by atoms with Crippen molar-refractivity contribution in [3.8, 4) is 0 Å². The highest BCUT2D eigenvalue weighted by Crippen LogP contribution is 2.19. The molecule has 2 heterocycles. The summed E-state index contributed by atoms with van der Waals surface area (Å²) >= 11 is 0. The van der Waals surface area contributed by atoms with Crippen molar-refractivity contribution in [3.63, 3.8) is 0 Å². The SMILES string of the molecule is C[C@H]1CNCCN1C(=O)CCc1nc(C(C)(C)C)no1.Cl. The highest BCUT2D eigenvalue weighted by molar-refractivity contribution is 5.85. The average molecular weight is 317 g/mol. The van der Waals surface area contributed by atoms with Gasteiger partial charge in [-0.15, -0.1) is 12.4 Å². The van der Waals surface area contributed by atoms with Crippen molar-refractivity contribution in [2.75, 3.05) is 19.6 Å². The van der Waals surface area contributed by atoms with Gasteiger partial charge in [-0.05, 0) is 6.92 Å². The van der Waals surface area contributed by atoms with E-state index in [1.54, 1.807) is 0 Å². The molecule has 120 valence electrons. The molecule has 0 spiro atoms. The number of aromatic nitrogens is 2. The number of nitrogens with zero attached hydrogens (tertiary/aromatic N) is 3. The number of piperazine rings is 1. The van der Waals surface area contributed by atoms with E-state index >= 15 is 0 Å². The number of hydrogen-bond acceptors (Lipinski definition) is 5. The quantitative estimate of drug-likeness (QED) is 0.916. The molecule has 7 heteroatoms. The van der Waals surface area contributed by atoms with Gasteiger partial charge in [-0.1, -0.05) is 25.9 Å². The first kappa shape index (κ1) is 17.9. The lowest BCUT2D eigenvalue weighted by atomic mass is 9.96. The Morgan fingerprint density at radius 2 is 2.19 bits per heavy atom. The van der Waals surface area contributed by atoms with Crippen LogP contribution in [-0.4, -0.2) is 46.6 Å². The van der Waals surface area contributed by atoms with Crippen LogP contribution in [0.25, 0.3) is 0 Å². The minimum atomic E-state index is -0.126. The van der Waals surface area contributed by atoms with Gasteiger partial charge in [0.1, 0.15) is 0 Å². The van der Waals surface area contributed by atoms with Crippen LogP contribution in [0, 0.1) is 0 Å². The van der Waals surface area contributed by atoms with Gasteiger partial charge in [0.25, 0.3) is 0 Å². The minimum absolute atomic E-state index is 0. The molecule has 0 aliphatic carbocycles. The van der Waals surface area contributed by atoms with Gasteiger partial charge < -0.3 is 14.7 Å². The molecule has 0 unspecified atom stereocenters. The summed E-state index contributed by atoms with van der Waals surface area (Å²) in [5.74, 6) is 1.40. The van der Waals surface area contributed by atoms with E-state index < -0.39 is 0 Å². The Morgan fingerprint density at radius 3 is 2.76 bits per heavy atom. The number of carbonyl (C=O) groups is 1. The molecule has 1 saturated heterocycles. The first-order chi connectivity index (χ1) is 9.38. The van der Waals surface area contributed by atoms with Crippen LogP contribution in [-0.2, 0) is 16.6 Å². The van der Waals surface area contributed by atoms with Gasteiger partial charge in [-0.3, -0.25) is 4.79 Å². The summed E-state index contributed by atoms with van der Waals surface area (Å²) in [7, 11) is 0. The third-order valence-electron chi connectivity index (χ3n) is 3.51. The molecule has 0 radical (unpaired) electrons. The molecule has 21 heavy (non-hydrogen) atoms. The Hall–Kier alpha value is -1.14. The molecule has 1 amide bonds. The third kappa shape index (κ3) is 4.68. The van der Waals surface area contributed by atoms with E-state index in [-0.39, 0.29) is 29.8 Å². The third-order valence-corrected chi connectivity index (χ3v) is 3.51. The molecular weight excluding hydrogens is 292 g/mol. The number of rotatable bonds is 3. The van der Waals surface area contributed by atoms with Crippen LogP contribution >= 0.6 is 12.4 Å². The smallest absolute Gasteiger partial charge is 0.227 e. The Morgan fingerprint density at radius 1 is 1.48 bits per heavy atom. The molecule has 0 saturated carbocycles.